The van der Waals surface area contributed by atoms with Crippen LogP contribution in [0.4, 0.5) is 0 Å². The molecule has 0 amide bonds. The highest BCUT2D eigenvalue weighted by atomic mass is 14.6. The Labute approximate surface area is 211 Å². The largest absolute Gasteiger partial charge is 0.265 e. The van der Waals surface area contributed by atoms with Gasteiger partial charge in [-0.2, -0.15) is 0 Å². The van der Waals surface area contributed by atoms with Crippen LogP contribution in [0.3, 0.4) is 0 Å². The van der Waals surface area contributed by atoms with Gasteiger partial charge < -0.3 is 0 Å². The third-order valence-corrected chi connectivity index (χ3v) is 4.67. The van der Waals surface area contributed by atoms with E-state index in [1.54, 1.807) is 0 Å². The summed E-state index contributed by atoms with van der Waals surface area (Å²) in [6, 6.07) is 12.5. The molecule has 3 aromatic heterocycles. The van der Waals surface area contributed by atoms with Gasteiger partial charge in [-0.3, -0.25) is 15.0 Å². The van der Waals surface area contributed by atoms with Gasteiger partial charge >= 0.3 is 0 Å². The lowest BCUT2D eigenvalue weighted by atomic mass is 10.1. The molecule has 34 heavy (non-hydrogen) atoms. The summed E-state index contributed by atoms with van der Waals surface area (Å²) in [4.78, 5) is 11.9. The number of hydrogen-bond acceptors (Lipinski definition) is 3. The molecule has 0 saturated heterocycles. The van der Waals surface area contributed by atoms with E-state index in [2.05, 4.69) is 72.1 Å². The summed E-state index contributed by atoms with van der Waals surface area (Å²) in [7, 11) is 0. The zero-order valence-electron chi connectivity index (χ0n) is 23.1. The molecular weight excluding hydrogens is 414 g/mol. The van der Waals surface area contributed by atoms with Crippen LogP contribution >= 0.6 is 0 Å². The van der Waals surface area contributed by atoms with E-state index < -0.39 is 0 Å². The predicted molar refractivity (Wildman–Crippen MR) is 151 cm³/mol. The van der Waals surface area contributed by atoms with Crippen molar-refractivity contribution < 1.29 is 0 Å². The quantitative estimate of drug-likeness (QED) is 0.295. The van der Waals surface area contributed by atoms with Gasteiger partial charge in [-0.1, -0.05) is 74.1 Å². The van der Waals surface area contributed by atoms with E-state index in [0.717, 1.165) is 0 Å². The highest BCUT2D eigenvalue weighted by Crippen LogP contribution is 2.04. The highest BCUT2D eigenvalue weighted by molar-refractivity contribution is 5.10. The smallest absolute Gasteiger partial charge is 0.0270 e. The van der Waals surface area contributed by atoms with Crippen LogP contribution in [0.2, 0.25) is 0 Å². The minimum absolute atomic E-state index is 1.17. The van der Waals surface area contributed by atoms with E-state index in [1.165, 1.54) is 74.5 Å². The molecule has 0 fully saturated rings. The van der Waals surface area contributed by atoms with Crippen LogP contribution in [0, 0.1) is 0 Å². The first-order chi connectivity index (χ1) is 16.8. The maximum atomic E-state index is 3.97. The summed E-state index contributed by atoms with van der Waals surface area (Å²) in [5, 5.41) is 0. The van der Waals surface area contributed by atoms with Gasteiger partial charge in [0.1, 0.15) is 0 Å². The van der Waals surface area contributed by atoms with Crippen molar-refractivity contribution in [2.45, 2.75) is 106 Å². The van der Waals surface area contributed by atoms with Gasteiger partial charge in [0.25, 0.3) is 0 Å². The molecular formula is C31H51N3. The molecule has 0 N–H and O–H groups in total. The second-order valence-electron chi connectivity index (χ2n) is 7.38. The van der Waals surface area contributed by atoms with Crippen molar-refractivity contribution in [1.29, 1.82) is 0 Å². The molecule has 0 bridgehead atoms. The molecule has 0 aliphatic carbocycles. The Hall–Kier alpha value is -2.55. The van der Waals surface area contributed by atoms with E-state index in [1.807, 2.05) is 64.9 Å². The topological polar surface area (TPSA) is 38.7 Å². The van der Waals surface area contributed by atoms with Crippen molar-refractivity contribution >= 4 is 0 Å². The molecule has 3 heterocycles. The summed E-state index contributed by atoms with van der Waals surface area (Å²) in [6.45, 7) is 14.6. The normalized spacial score (nSPS) is 8.91. The van der Waals surface area contributed by atoms with Crippen LogP contribution < -0.4 is 0 Å². The van der Waals surface area contributed by atoms with Crippen molar-refractivity contribution in [1.82, 2.24) is 15.0 Å². The molecule has 3 heteroatoms. The summed E-state index contributed by atoms with van der Waals surface area (Å²) in [5.74, 6) is 0. The number of unbranched alkanes of at least 4 members (excludes halogenated alkanes) is 3. The molecule has 190 valence electrons. The number of hydrogen-bond donors (Lipinski definition) is 0. The maximum Gasteiger partial charge on any atom is 0.0270 e. The van der Waals surface area contributed by atoms with Gasteiger partial charge in [0, 0.05) is 37.2 Å². The van der Waals surface area contributed by atoms with Gasteiger partial charge in [0.15, 0.2) is 0 Å². The molecule has 0 aliphatic heterocycles. The second-order valence-corrected chi connectivity index (χ2v) is 7.38. The molecule has 3 rings (SSSR count). The lowest BCUT2D eigenvalue weighted by Gasteiger charge is -1.97. The van der Waals surface area contributed by atoms with Crippen LogP contribution in [-0.2, 0) is 19.3 Å². The third-order valence-electron chi connectivity index (χ3n) is 4.67. The van der Waals surface area contributed by atoms with Crippen molar-refractivity contribution in [3.63, 3.8) is 0 Å². The zero-order valence-corrected chi connectivity index (χ0v) is 23.1. The van der Waals surface area contributed by atoms with Crippen LogP contribution in [0.1, 0.15) is 104 Å². The second kappa shape index (κ2) is 28.5. The van der Waals surface area contributed by atoms with Gasteiger partial charge in [-0.05, 0) is 85.2 Å². The number of rotatable bonds is 9. The van der Waals surface area contributed by atoms with Gasteiger partial charge in [0.05, 0.1) is 0 Å². The van der Waals surface area contributed by atoms with E-state index in [-0.39, 0.29) is 0 Å². The summed E-state index contributed by atoms with van der Waals surface area (Å²) in [6.07, 6.45) is 22.4. The lowest BCUT2D eigenvalue weighted by Crippen LogP contribution is -1.84. The minimum atomic E-state index is 1.17. The van der Waals surface area contributed by atoms with Crippen molar-refractivity contribution in [3.05, 3.63) is 90.3 Å². The zero-order chi connectivity index (χ0) is 25.7. The Balaban J connectivity index is 0. The molecule has 3 aromatic rings. The molecule has 0 atom stereocenters. The van der Waals surface area contributed by atoms with E-state index in [9.17, 15) is 0 Å². The fourth-order valence-corrected chi connectivity index (χ4v) is 2.90. The number of aryl methyl sites for hydroxylation is 3. The Morgan fingerprint density at radius 3 is 1.06 bits per heavy atom. The Kier molecular flexibility index (Phi) is 28.2. The monoisotopic (exact) mass is 465 g/mol. The van der Waals surface area contributed by atoms with E-state index in [4.69, 9.17) is 0 Å². The SMILES string of the molecule is CC.CC.CCCCCc1ccncc1.CCCCc1ccncc1.CCCc1ccncc1. The summed E-state index contributed by atoms with van der Waals surface area (Å²) in [5.41, 5.74) is 4.19. The number of nitrogens with zero attached hydrogens (tertiary/aromatic N) is 3. The molecule has 0 saturated carbocycles. The summed E-state index contributed by atoms with van der Waals surface area (Å²) >= 11 is 0. The van der Waals surface area contributed by atoms with Crippen LogP contribution in [-0.4, -0.2) is 15.0 Å². The lowest BCUT2D eigenvalue weighted by molar-refractivity contribution is 0.717. The Bertz CT molecular complexity index is 715. The summed E-state index contributed by atoms with van der Waals surface area (Å²) < 4.78 is 0. The first-order valence-corrected chi connectivity index (χ1v) is 13.5. The molecule has 0 aliphatic rings. The fourth-order valence-electron chi connectivity index (χ4n) is 2.90. The highest BCUT2D eigenvalue weighted by Gasteiger charge is 1.90. The first kappa shape index (κ1) is 33.6. The standard InChI is InChI=1S/C10H15N.C9H13N.C8H11N.2C2H6/c1-2-3-4-5-10-6-8-11-9-7-10;1-2-3-4-9-5-7-10-8-6-9;1-2-3-8-4-6-9-7-5-8;2*1-2/h6-9H,2-5H2,1H3;5-8H,2-4H2,1H3;4-7H,2-3H2,1H3;2*1-2H3. The third kappa shape index (κ3) is 21.3. The van der Waals surface area contributed by atoms with Crippen molar-refractivity contribution in [3.8, 4) is 0 Å². The Morgan fingerprint density at radius 1 is 0.412 bits per heavy atom. The van der Waals surface area contributed by atoms with Crippen molar-refractivity contribution in [2.24, 2.45) is 0 Å². The van der Waals surface area contributed by atoms with Crippen LogP contribution in [0.5, 0.6) is 0 Å². The minimum Gasteiger partial charge on any atom is -0.265 e. The van der Waals surface area contributed by atoms with Gasteiger partial charge in [-0.15, -0.1) is 0 Å². The molecule has 0 aromatic carbocycles. The van der Waals surface area contributed by atoms with Crippen molar-refractivity contribution in [2.75, 3.05) is 0 Å². The van der Waals surface area contributed by atoms with Crippen LogP contribution in [0.25, 0.3) is 0 Å². The maximum absolute atomic E-state index is 3.97. The van der Waals surface area contributed by atoms with Crippen LogP contribution in [0.15, 0.2) is 73.6 Å². The average molecular weight is 466 g/mol. The first-order valence-electron chi connectivity index (χ1n) is 13.5. The van der Waals surface area contributed by atoms with Gasteiger partial charge in [0.2, 0.25) is 0 Å². The fraction of sp³-hybridized carbons (Fsp3) is 0.516. The number of aromatic nitrogens is 3. The molecule has 0 unspecified atom stereocenters. The van der Waals surface area contributed by atoms with E-state index >= 15 is 0 Å². The van der Waals surface area contributed by atoms with E-state index in [0.29, 0.717) is 0 Å². The average Bonchev–Trinajstić information content (AvgIpc) is 2.93. The number of pyridine rings is 3. The van der Waals surface area contributed by atoms with Gasteiger partial charge in [-0.25, -0.2) is 0 Å². The Morgan fingerprint density at radius 2 is 0.735 bits per heavy atom. The predicted octanol–water partition coefficient (Wildman–Crippen LogP) is 9.33. The molecule has 0 spiro atoms. The molecule has 3 nitrogen and oxygen atoms in total. The molecule has 0 radical (unpaired) electrons.